The van der Waals surface area contributed by atoms with E-state index in [-0.39, 0.29) is 11.9 Å². The van der Waals surface area contributed by atoms with Gasteiger partial charge >= 0.3 is 0 Å². The number of carbonyl (C=O) groups is 1. The number of carbonyl (C=O) groups excluding carboxylic acids is 1. The van der Waals surface area contributed by atoms with Crippen LogP contribution in [0.15, 0.2) is 48.8 Å². The predicted molar refractivity (Wildman–Crippen MR) is 131 cm³/mol. The Morgan fingerprint density at radius 2 is 1.91 bits per heavy atom. The van der Waals surface area contributed by atoms with Crippen molar-refractivity contribution >= 4 is 12.0 Å². The quantitative estimate of drug-likeness (QED) is 0.503. The van der Waals surface area contributed by atoms with Crippen molar-refractivity contribution in [2.24, 2.45) is 7.05 Å². The summed E-state index contributed by atoms with van der Waals surface area (Å²) in [4.78, 5) is 17.4. The number of nitrogens with zero attached hydrogens (tertiary/aromatic N) is 3. The third kappa shape index (κ3) is 5.05. The minimum Gasteiger partial charge on any atom is -0.497 e. The van der Waals surface area contributed by atoms with Gasteiger partial charge in [0.05, 0.1) is 7.11 Å². The fourth-order valence-corrected chi connectivity index (χ4v) is 4.98. The van der Waals surface area contributed by atoms with E-state index in [4.69, 9.17) is 4.74 Å². The number of aryl methyl sites for hydroxylation is 2. The maximum Gasteiger partial charge on any atom is 0.244 e. The van der Waals surface area contributed by atoms with Gasteiger partial charge in [-0.25, -0.2) is 4.98 Å². The van der Waals surface area contributed by atoms with Crippen LogP contribution in [0.25, 0.3) is 6.08 Å². The summed E-state index contributed by atoms with van der Waals surface area (Å²) in [5.74, 6) is 1.40. The number of hydrogen-bond acceptors (Lipinski definition) is 3. The lowest BCUT2D eigenvalue weighted by Gasteiger charge is -2.26. The number of nitrogens with one attached hydrogen (secondary N) is 1. The SMILES string of the molecule is COc1ccc(C(NC(=O)/C=C/c2cc(C)n(C3CCCCC3)c2C)c2nccn2C)cc1. The fourth-order valence-electron chi connectivity index (χ4n) is 4.98. The van der Waals surface area contributed by atoms with Gasteiger partial charge in [-0.2, -0.15) is 0 Å². The first-order valence-electron chi connectivity index (χ1n) is 11.8. The Balaban J connectivity index is 1.53. The van der Waals surface area contributed by atoms with Crippen LogP contribution in [0.1, 0.15) is 72.5 Å². The summed E-state index contributed by atoms with van der Waals surface area (Å²) in [5, 5.41) is 3.13. The van der Waals surface area contributed by atoms with Gasteiger partial charge in [0.15, 0.2) is 0 Å². The summed E-state index contributed by atoms with van der Waals surface area (Å²) in [7, 11) is 3.57. The Morgan fingerprint density at radius 1 is 1.18 bits per heavy atom. The summed E-state index contributed by atoms with van der Waals surface area (Å²) >= 11 is 0. The summed E-state index contributed by atoms with van der Waals surface area (Å²) < 4.78 is 9.67. The first-order valence-corrected chi connectivity index (χ1v) is 11.8. The van der Waals surface area contributed by atoms with Crippen LogP contribution in [-0.4, -0.2) is 27.1 Å². The van der Waals surface area contributed by atoms with Crippen molar-refractivity contribution < 1.29 is 9.53 Å². The van der Waals surface area contributed by atoms with Crippen molar-refractivity contribution in [2.75, 3.05) is 7.11 Å². The van der Waals surface area contributed by atoms with Crippen LogP contribution in [-0.2, 0) is 11.8 Å². The van der Waals surface area contributed by atoms with E-state index in [1.165, 1.54) is 43.5 Å². The maximum atomic E-state index is 13.0. The lowest BCUT2D eigenvalue weighted by atomic mass is 9.95. The van der Waals surface area contributed by atoms with Crippen molar-refractivity contribution in [1.82, 2.24) is 19.4 Å². The molecule has 2 heterocycles. The molecule has 1 atom stereocenters. The molecule has 1 unspecified atom stereocenters. The van der Waals surface area contributed by atoms with Gasteiger partial charge in [-0.05, 0) is 62.1 Å². The van der Waals surface area contributed by atoms with Crippen molar-refractivity contribution in [3.05, 3.63) is 77.1 Å². The molecule has 1 aliphatic carbocycles. The molecule has 1 aliphatic rings. The molecular weight excluding hydrogens is 412 g/mol. The third-order valence-electron chi connectivity index (χ3n) is 6.73. The highest BCUT2D eigenvalue weighted by Gasteiger charge is 2.21. The summed E-state index contributed by atoms with van der Waals surface area (Å²) in [6, 6.07) is 10.1. The minimum absolute atomic E-state index is 0.152. The number of amides is 1. The van der Waals surface area contributed by atoms with E-state index < -0.39 is 0 Å². The Labute approximate surface area is 196 Å². The molecule has 2 aromatic heterocycles. The topological polar surface area (TPSA) is 61.1 Å². The van der Waals surface area contributed by atoms with E-state index in [9.17, 15) is 4.79 Å². The second-order valence-corrected chi connectivity index (χ2v) is 8.93. The molecule has 0 bridgehead atoms. The molecule has 1 aromatic carbocycles. The van der Waals surface area contributed by atoms with Crippen LogP contribution in [0.3, 0.4) is 0 Å². The van der Waals surface area contributed by atoms with Gasteiger partial charge in [0.1, 0.15) is 17.6 Å². The molecule has 0 aliphatic heterocycles. The Morgan fingerprint density at radius 3 is 2.55 bits per heavy atom. The van der Waals surface area contributed by atoms with Crippen molar-refractivity contribution in [3.8, 4) is 5.75 Å². The second-order valence-electron chi connectivity index (χ2n) is 8.93. The molecule has 0 spiro atoms. The lowest BCUT2D eigenvalue weighted by Crippen LogP contribution is -2.29. The molecule has 0 saturated heterocycles. The number of imidazole rings is 1. The number of ether oxygens (including phenoxy) is 1. The highest BCUT2D eigenvalue weighted by molar-refractivity contribution is 5.92. The highest BCUT2D eigenvalue weighted by atomic mass is 16.5. The average Bonchev–Trinajstić information content (AvgIpc) is 3.38. The van der Waals surface area contributed by atoms with Crippen LogP contribution in [0.4, 0.5) is 0 Å². The zero-order valence-corrected chi connectivity index (χ0v) is 20.0. The van der Waals surface area contributed by atoms with Crippen LogP contribution in [0.2, 0.25) is 0 Å². The van der Waals surface area contributed by atoms with Gasteiger partial charge in [-0.3, -0.25) is 4.79 Å². The molecule has 0 radical (unpaired) electrons. The van der Waals surface area contributed by atoms with Gasteiger partial charge in [0.25, 0.3) is 0 Å². The van der Waals surface area contributed by atoms with Gasteiger partial charge in [0, 0.05) is 42.9 Å². The van der Waals surface area contributed by atoms with Crippen LogP contribution < -0.4 is 10.1 Å². The molecule has 1 saturated carbocycles. The van der Waals surface area contributed by atoms with Crippen LogP contribution >= 0.6 is 0 Å². The smallest absolute Gasteiger partial charge is 0.244 e. The summed E-state index contributed by atoms with van der Waals surface area (Å²) in [6.45, 7) is 4.33. The van der Waals surface area contributed by atoms with E-state index in [1.807, 2.05) is 48.2 Å². The molecule has 1 fully saturated rings. The molecule has 6 heteroatoms. The zero-order chi connectivity index (χ0) is 23.4. The first-order chi connectivity index (χ1) is 16.0. The number of benzene rings is 1. The molecule has 6 nitrogen and oxygen atoms in total. The average molecular weight is 447 g/mol. The fraction of sp³-hybridized carbons (Fsp3) is 0.407. The standard InChI is InChI=1S/C27H34N4O2/c1-19-18-22(20(2)31(19)23-8-6-5-7-9-23)12-15-25(32)29-26(27-28-16-17-30(27)3)21-10-13-24(33-4)14-11-21/h10-18,23,26H,5-9H2,1-4H3,(H,29,32)/b15-12+. The molecule has 1 N–H and O–H groups in total. The van der Waals surface area contributed by atoms with Crippen molar-refractivity contribution in [1.29, 1.82) is 0 Å². The maximum absolute atomic E-state index is 13.0. The van der Waals surface area contributed by atoms with E-state index in [0.29, 0.717) is 6.04 Å². The van der Waals surface area contributed by atoms with Crippen LogP contribution in [0.5, 0.6) is 5.75 Å². The molecule has 4 rings (SSSR count). The van der Waals surface area contributed by atoms with Gasteiger partial charge in [0.2, 0.25) is 5.91 Å². The monoisotopic (exact) mass is 446 g/mol. The first kappa shape index (κ1) is 22.9. The van der Waals surface area contributed by atoms with Crippen LogP contribution in [0, 0.1) is 13.8 Å². The Bertz CT molecular complexity index is 1120. The third-order valence-corrected chi connectivity index (χ3v) is 6.73. The number of aromatic nitrogens is 3. The number of hydrogen-bond donors (Lipinski definition) is 1. The normalized spacial score (nSPS) is 15.6. The largest absolute Gasteiger partial charge is 0.497 e. The predicted octanol–water partition coefficient (Wildman–Crippen LogP) is 5.27. The molecule has 3 aromatic rings. The molecular formula is C27H34N4O2. The lowest BCUT2D eigenvalue weighted by molar-refractivity contribution is -0.117. The van der Waals surface area contributed by atoms with Crippen molar-refractivity contribution in [3.63, 3.8) is 0 Å². The second kappa shape index (κ2) is 10.1. The van der Waals surface area contributed by atoms with E-state index in [1.54, 1.807) is 19.4 Å². The summed E-state index contributed by atoms with van der Waals surface area (Å²) in [5.41, 5.74) is 4.55. The van der Waals surface area contributed by atoms with Gasteiger partial charge in [-0.1, -0.05) is 31.4 Å². The Kier molecular flexibility index (Phi) is 7.02. The highest BCUT2D eigenvalue weighted by Crippen LogP contribution is 2.32. The summed E-state index contributed by atoms with van der Waals surface area (Å²) in [6.07, 6.45) is 13.6. The van der Waals surface area contributed by atoms with Crippen molar-refractivity contribution in [2.45, 2.75) is 58.0 Å². The minimum atomic E-state index is -0.359. The Hall–Kier alpha value is -3.28. The number of rotatable bonds is 7. The van der Waals surface area contributed by atoms with Gasteiger partial charge < -0.3 is 19.2 Å². The van der Waals surface area contributed by atoms with Gasteiger partial charge in [-0.15, -0.1) is 0 Å². The molecule has 174 valence electrons. The zero-order valence-electron chi connectivity index (χ0n) is 20.0. The molecule has 33 heavy (non-hydrogen) atoms. The van der Waals surface area contributed by atoms with E-state index in [0.717, 1.165) is 22.7 Å². The number of methoxy groups -OCH3 is 1. The van der Waals surface area contributed by atoms with E-state index >= 15 is 0 Å². The molecule has 1 amide bonds. The van der Waals surface area contributed by atoms with E-state index in [2.05, 4.69) is 34.8 Å².